The molecule has 0 bridgehead atoms. The van der Waals surface area contributed by atoms with Crippen LogP contribution in [-0.2, 0) is 13.6 Å². The van der Waals surface area contributed by atoms with Crippen LogP contribution >= 0.6 is 11.6 Å². The minimum Gasteiger partial charge on any atom is -0.396 e. The van der Waals surface area contributed by atoms with E-state index in [9.17, 15) is 0 Å². The Morgan fingerprint density at radius 3 is 2.75 bits per heavy atom. The summed E-state index contributed by atoms with van der Waals surface area (Å²) in [6.07, 6.45) is 0.690. The van der Waals surface area contributed by atoms with Gasteiger partial charge in [-0.1, -0.05) is 11.6 Å². The van der Waals surface area contributed by atoms with Crippen molar-refractivity contribution in [3.05, 3.63) is 29.0 Å². The van der Waals surface area contributed by atoms with Crippen LogP contribution in [0.15, 0.2) is 18.2 Å². The second kappa shape index (κ2) is 7.04. The van der Waals surface area contributed by atoms with Gasteiger partial charge in [0.1, 0.15) is 5.82 Å². The summed E-state index contributed by atoms with van der Waals surface area (Å²) in [5, 5.41) is 18.7. The zero-order valence-corrected chi connectivity index (χ0v) is 12.3. The van der Waals surface area contributed by atoms with Crippen molar-refractivity contribution in [3.63, 3.8) is 0 Å². The maximum Gasteiger partial charge on any atom is 0.123 e. The van der Waals surface area contributed by atoms with Crippen LogP contribution in [0.5, 0.6) is 0 Å². The Labute approximate surface area is 123 Å². The Bertz CT molecular complexity index is 571. The minimum atomic E-state index is 0.0984. The van der Waals surface area contributed by atoms with Gasteiger partial charge in [0.2, 0.25) is 0 Å². The van der Waals surface area contributed by atoms with E-state index < -0.39 is 0 Å². The molecule has 1 heterocycles. The standard InChI is InChI=1S/C14H20ClN3O2/c1-17-13-4-3-11(15)9-12(13)16-14(17)10-18(6-8-20)5-2-7-19/h3-4,9,19-20H,2,5-8,10H2,1H3. The van der Waals surface area contributed by atoms with E-state index in [-0.39, 0.29) is 13.2 Å². The molecular formula is C14H20ClN3O2. The van der Waals surface area contributed by atoms with Crippen molar-refractivity contribution in [1.29, 1.82) is 0 Å². The van der Waals surface area contributed by atoms with E-state index >= 15 is 0 Å². The van der Waals surface area contributed by atoms with Crippen LogP contribution < -0.4 is 0 Å². The van der Waals surface area contributed by atoms with Gasteiger partial charge in [0.15, 0.2) is 0 Å². The molecule has 20 heavy (non-hydrogen) atoms. The Morgan fingerprint density at radius 1 is 1.25 bits per heavy atom. The SMILES string of the molecule is Cn1c(CN(CCO)CCCO)nc2cc(Cl)ccc21. The monoisotopic (exact) mass is 297 g/mol. The lowest BCUT2D eigenvalue weighted by atomic mass is 10.3. The third-order valence-corrected chi connectivity index (χ3v) is 3.58. The first-order chi connectivity index (χ1) is 9.65. The number of aromatic nitrogens is 2. The van der Waals surface area contributed by atoms with Gasteiger partial charge in [-0.2, -0.15) is 0 Å². The van der Waals surface area contributed by atoms with Gasteiger partial charge in [-0.15, -0.1) is 0 Å². The number of rotatable bonds is 7. The van der Waals surface area contributed by atoms with Crippen LogP contribution in [0.25, 0.3) is 11.0 Å². The molecule has 2 rings (SSSR count). The summed E-state index contributed by atoms with van der Waals surface area (Å²) in [6, 6.07) is 5.66. The largest absolute Gasteiger partial charge is 0.396 e. The number of fused-ring (bicyclic) bond motifs is 1. The molecule has 0 saturated heterocycles. The Balaban J connectivity index is 2.20. The van der Waals surface area contributed by atoms with E-state index in [4.69, 9.17) is 21.8 Å². The van der Waals surface area contributed by atoms with Crippen molar-refractivity contribution < 1.29 is 10.2 Å². The number of halogens is 1. The number of hydrogen-bond donors (Lipinski definition) is 2. The Hall–Kier alpha value is -1.14. The lowest BCUT2D eigenvalue weighted by molar-refractivity contribution is 0.171. The highest BCUT2D eigenvalue weighted by atomic mass is 35.5. The number of benzene rings is 1. The van der Waals surface area contributed by atoms with Crippen molar-refractivity contribution in [3.8, 4) is 0 Å². The number of nitrogens with zero attached hydrogens (tertiary/aromatic N) is 3. The molecule has 0 unspecified atom stereocenters. The van der Waals surface area contributed by atoms with Crippen LogP contribution in [0.3, 0.4) is 0 Å². The Kier molecular flexibility index (Phi) is 5.37. The summed E-state index contributed by atoms with van der Waals surface area (Å²) in [5.41, 5.74) is 1.91. The first kappa shape index (κ1) is 15.3. The third-order valence-electron chi connectivity index (χ3n) is 3.35. The third kappa shape index (κ3) is 3.49. The molecule has 0 fully saturated rings. The zero-order valence-electron chi connectivity index (χ0n) is 11.6. The van der Waals surface area contributed by atoms with E-state index in [1.54, 1.807) is 0 Å². The summed E-state index contributed by atoms with van der Waals surface area (Å²) in [4.78, 5) is 6.68. The fraction of sp³-hybridized carbons (Fsp3) is 0.500. The van der Waals surface area contributed by atoms with Gasteiger partial charge in [-0.25, -0.2) is 4.98 Å². The second-order valence-corrected chi connectivity index (χ2v) is 5.23. The van der Waals surface area contributed by atoms with E-state index in [1.807, 2.05) is 29.8 Å². The van der Waals surface area contributed by atoms with Crippen molar-refractivity contribution in [2.45, 2.75) is 13.0 Å². The molecule has 2 aromatic rings. The summed E-state index contributed by atoms with van der Waals surface area (Å²) in [5.74, 6) is 0.925. The van der Waals surface area contributed by atoms with Gasteiger partial charge < -0.3 is 14.8 Å². The predicted octanol–water partition coefficient (Wildman–Crippen LogP) is 1.40. The van der Waals surface area contributed by atoms with Gasteiger partial charge in [0.05, 0.1) is 24.2 Å². The fourth-order valence-corrected chi connectivity index (χ4v) is 2.44. The minimum absolute atomic E-state index is 0.0984. The highest BCUT2D eigenvalue weighted by molar-refractivity contribution is 6.31. The summed E-state index contributed by atoms with van der Waals surface area (Å²) in [7, 11) is 1.97. The predicted molar refractivity (Wildman–Crippen MR) is 79.8 cm³/mol. The molecule has 0 aliphatic rings. The lowest BCUT2D eigenvalue weighted by Gasteiger charge is -2.20. The maximum absolute atomic E-state index is 9.11. The molecule has 0 aliphatic carbocycles. The van der Waals surface area contributed by atoms with E-state index in [1.165, 1.54) is 0 Å². The van der Waals surface area contributed by atoms with E-state index in [0.717, 1.165) is 23.4 Å². The zero-order chi connectivity index (χ0) is 14.5. The first-order valence-corrected chi connectivity index (χ1v) is 7.08. The van der Waals surface area contributed by atoms with Crippen molar-refractivity contribution >= 4 is 22.6 Å². The van der Waals surface area contributed by atoms with Gasteiger partial charge >= 0.3 is 0 Å². The maximum atomic E-state index is 9.11. The molecule has 6 heteroatoms. The normalized spacial score (nSPS) is 11.7. The highest BCUT2D eigenvalue weighted by Gasteiger charge is 2.12. The topological polar surface area (TPSA) is 61.5 Å². The summed E-state index contributed by atoms with van der Waals surface area (Å²) < 4.78 is 2.04. The number of aliphatic hydroxyl groups is 2. The molecule has 1 aromatic carbocycles. The average Bonchev–Trinajstić information content (AvgIpc) is 2.72. The second-order valence-electron chi connectivity index (χ2n) is 4.80. The summed E-state index contributed by atoms with van der Waals surface area (Å²) in [6.45, 7) is 2.20. The van der Waals surface area contributed by atoms with Gasteiger partial charge in [0.25, 0.3) is 0 Å². The van der Waals surface area contributed by atoms with Crippen LogP contribution in [0.1, 0.15) is 12.2 Å². The van der Waals surface area contributed by atoms with Gasteiger partial charge in [-0.05, 0) is 24.6 Å². The van der Waals surface area contributed by atoms with Crippen LogP contribution in [0, 0.1) is 0 Å². The van der Waals surface area contributed by atoms with Crippen molar-refractivity contribution in [2.75, 3.05) is 26.3 Å². The number of imidazole rings is 1. The first-order valence-electron chi connectivity index (χ1n) is 6.70. The molecule has 2 N–H and O–H groups in total. The molecule has 0 aliphatic heterocycles. The molecule has 0 spiro atoms. The number of aryl methyl sites for hydroxylation is 1. The molecule has 0 saturated carbocycles. The molecular weight excluding hydrogens is 278 g/mol. The molecule has 0 atom stereocenters. The van der Waals surface area contributed by atoms with Gasteiger partial charge in [-0.3, -0.25) is 4.90 Å². The molecule has 0 radical (unpaired) electrons. The smallest absolute Gasteiger partial charge is 0.123 e. The van der Waals surface area contributed by atoms with Crippen LogP contribution in [-0.4, -0.2) is 51.0 Å². The number of aliphatic hydroxyl groups excluding tert-OH is 2. The Morgan fingerprint density at radius 2 is 2.05 bits per heavy atom. The fourth-order valence-electron chi connectivity index (χ4n) is 2.27. The summed E-state index contributed by atoms with van der Waals surface area (Å²) >= 11 is 5.98. The van der Waals surface area contributed by atoms with Crippen molar-refractivity contribution in [1.82, 2.24) is 14.5 Å². The highest BCUT2D eigenvalue weighted by Crippen LogP contribution is 2.20. The molecule has 5 nitrogen and oxygen atoms in total. The quantitative estimate of drug-likeness (QED) is 0.811. The van der Waals surface area contributed by atoms with Crippen molar-refractivity contribution in [2.24, 2.45) is 7.05 Å². The van der Waals surface area contributed by atoms with E-state index in [2.05, 4.69) is 9.88 Å². The molecule has 0 amide bonds. The van der Waals surface area contributed by atoms with E-state index in [0.29, 0.717) is 24.5 Å². The van der Waals surface area contributed by atoms with Crippen LogP contribution in [0.4, 0.5) is 0 Å². The average molecular weight is 298 g/mol. The lowest BCUT2D eigenvalue weighted by Crippen LogP contribution is -2.29. The molecule has 110 valence electrons. The van der Waals surface area contributed by atoms with Gasteiger partial charge in [0, 0.05) is 31.8 Å². The molecule has 1 aromatic heterocycles. The van der Waals surface area contributed by atoms with Crippen LogP contribution in [0.2, 0.25) is 5.02 Å². The number of hydrogen-bond acceptors (Lipinski definition) is 4.